The number of nitrogens with zero attached hydrogens (tertiary/aromatic N) is 2. The van der Waals surface area contributed by atoms with Crippen molar-refractivity contribution in [2.45, 2.75) is 13.0 Å². The van der Waals surface area contributed by atoms with Crippen molar-refractivity contribution in [1.82, 2.24) is 15.5 Å². The van der Waals surface area contributed by atoms with Gasteiger partial charge in [0, 0.05) is 5.56 Å². The Kier molecular flexibility index (Phi) is 5.80. The molecule has 0 fully saturated rings. The highest BCUT2D eigenvalue weighted by molar-refractivity contribution is 5.51. The first kappa shape index (κ1) is 17.9. The van der Waals surface area contributed by atoms with Gasteiger partial charge in [-0.05, 0) is 54.9 Å². The molecule has 2 aromatic carbocycles. The lowest BCUT2D eigenvalue weighted by Gasteiger charge is -2.09. The SMILES string of the molecule is COc1ccc(CCNCc2nnc(-c3ccc(F)cc3)o2)cc1OC. The summed E-state index contributed by atoms with van der Waals surface area (Å²) in [5.74, 6) is 1.98. The predicted molar refractivity (Wildman–Crippen MR) is 94.6 cm³/mol. The summed E-state index contributed by atoms with van der Waals surface area (Å²) >= 11 is 0. The van der Waals surface area contributed by atoms with Gasteiger partial charge in [-0.3, -0.25) is 0 Å². The van der Waals surface area contributed by atoms with E-state index in [4.69, 9.17) is 13.9 Å². The smallest absolute Gasteiger partial charge is 0.247 e. The number of nitrogens with one attached hydrogen (secondary N) is 1. The second kappa shape index (κ2) is 8.44. The predicted octanol–water partition coefficient (Wildman–Crippen LogP) is 3.23. The van der Waals surface area contributed by atoms with Crippen LogP contribution in [-0.4, -0.2) is 31.0 Å². The number of hydrogen-bond donors (Lipinski definition) is 1. The quantitative estimate of drug-likeness (QED) is 0.624. The van der Waals surface area contributed by atoms with E-state index in [0.29, 0.717) is 35.4 Å². The molecule has 0 aliphatic carbocycles. The zero-order chi connectivity index (χ0) is 18.4. The van der Waals surface area contributed by atoms with E-state index in [1.54, 1.807) is 26.4 Å². The van der Waals surface area contributed by atoms with E-state index in [1.807, 2.05) is 18.2 Å². The lowest BCUT2D eigenvalue weighted by Crippen LogP contribution is -2.16. The third-order valence-electron chi connectivity index (χ3n) is 3.87. The first-order valence-electron chi connectivity index (χ1n) is 8.19. The fraction of sp³-hybridized carbons (Fsp3) is 0.263. The third kappa shape index (κ3) is 4.37. The Balaban J connectivity index is 1.50. The van der Waals surface area contributed by atoms with Crippen LogP contribution in [-0.2, 0) is 13.0 Å². The summed E-state index contributed by atoms with van der Waals surface area (Å²) in [6, 6.07) is 11.8. The molecule has 3 aromatic rings. The number of rotatable bonds is 8. The zero-order valence-electron chi connectivity index (χ0n) is 14.7. The van der Waals surface area contributed by atoms with Crippen molar-refractivity contribution in [3.63, 3.8) is 0 Å². The van der Waals surface area contributed by atoms with Crippen molar-refractivity contribution in [3.8, 4) is 23.0 Å². The minimum Gasteiger partial charge on any atom is -0.493 e. The summed E-state index contributed by atoms with van der Waals surface area (Å²) in [6.45, 7) is 1.20. The van der Waals surface area contributed by atoms with Crippen molar-refractivity contribution < 1.29 is 18.3 Å². The van der Waals surface area contributed by atoms with Crippen LogP contribution in [0.2, 0.25) is 0 Å². The van der Waals surface area contributed by atoms with Crippen LogP contribution in [0.25, 0.3) is 11.5 Å². The molecule has 1 heterocycles. The van der Waals surface area contributed by atoms with Gasteiger partial charge in [-0.1, -0.05) is 6.07 Å². The molecule has 0 saturated carbocycles. The molecule has 26 heavy (non-hydrogen) atoms. The Morgan fingerprint density at radius 2 is 1.77 bits per heavy atom. The van der Waals surface area contributed by atoms with Gasteiger partial charge in [-0.15, -0.1) is 10.2 Å². The van der Waals surface area contributed by atoms with Crippen LogP contribution in [0.3, 0.4) is 0 Å². The van der Waals surface area contributed by atoms with Crippen molar-refractivity contribution >= 4 is 0 Å². The fourth-order valence-electron chi connectivity index (χ4n) is 2.50. The molecule has 6 nitrogen and oxygen atoms in total. The summed E-state index contributed by atoms with van der Waals surface area (Å²) in [7, 11) is 3.23. The molecule has 0 aliphatic heterocycles. The Labute approximate surface area is 151 Å². The van der Waals surface area contributed by atoms with Gasteiger partial charge in [0.05, 0.1) is 20.8 Å². The highest BCUT2D eigenvalue weighted by Gasteiger charge is 2.09. The number of methoxy groups -OCH3 is 2. The highest BCUT2D eigenvalue weighted by Crippen LogP contribution is 2.27. The minimum atomic E-state index is -0.301. The molecule has 0 amide bonds. The molecule has 0 radical (unpaired) electrons. The van der Waals surface area contributed by atoms with Crippen LogP contribution in [0.5, 0.6) is 11.5 Å². The summed E-state index contributed by atoms with van der Waals surface area (Å²) in [6.07, 6.45) is 0.819. The first-order valence-corrected chi connectivity index (χ1v) is 8.19. The summed E-state index contributed by atoms with van der Waals surface area (Å²) < 4.78 is 29.1. The molecule has 0 atom stereocenters. The molecule has 0 bridgehead atoms. The van der Waals surface area contributed by atoms with Crippen LogP contribution >= 0.6 is 0 Å². The van der Waals surface area contributed by atoms with Crippen molar-refractivity contribution in [2.24, 2.45) is 0 Å². The average molecular weight is 357 g/mol. The zero-order valence-corrected chi connectivity index (χ0v) is 14.7. The maximum Gasteiger partial charge on any atom is 0.247 e. The Bertz CT molecular complexity index is 849. The van der Waals surface area contributed by atoms with Gasteiger partial charge in [-0.25, -0.2) is 4.39 Å². The number of halogens is 1. The summed E-state index contributed by atoms with van der Waals surface area (Å²) in [5.41, 5.74) is 1.82. The largest absolute Gasteiger partial charge is 0.493 e. The minimum absolute atomic E-state index is 0.301. The van der Waals surface area contributed by atoms with Gasteiger partial charge in [0.25, 0.3) is 0 Å². The molecule has 0 unspecified atom stereocenters. The Morgan fingerprint density at radius 3 is 2.50 bits per heavy atom. The highest BCUT2D eigenvalue weighted by atomic mass is 19.1. The maximum atomic E-state index is 13.0. The topological polar surface area (TPSA) is 69.4 Å². The van der Waals surface area contributed by atoms with E-state index >= 15 is 0 Å². The Morgan fingerprint density at radius 1 is 1.00 bits per heavy atom. The normalized spacial score (nSPS) is 10.7. The number of benzene rings is 2. The van der Waals surface area contributed by atoms with Gasteiger partial charge < -0.3 is 19.2 Å². The van der Waals surface area contributed by atoms with Crippen LogP contribution in [0, 0.1) is 5.82 Å². The van der Waals surface area contributed by atoms with E-state index in [-0.39, 0.29) is 5.82 Å². The molecule has 1 aromatic heterocycles. The van der Waals surface area contributed by atoms with E-state index in [2.05, 4.69) is 15.5 Å². The fourth-order valence-corrected chi connectivity index (χ4v) is 2.50. The summed E-state index contributed by atoms with van der Waals surface area (Å²) in [4.78, 5) is 0. The molecule has 1 N–H and O–H groups in total. The molecular weight excluding hydrogens is 337 g/mol. The van der Waals surface area contributed by atoms with Gasteiger partial charge in [0.1, 0.15) is 5.82 Å². The molecule has 136 valence electrons. The van der Waals surface area contributed by atoms with Gasteiger partial charge in [0.2, 0.25) is 11.8 Å². The van der Waals surface area contributed by atoms with Crippen LogP contribution in [0.1, 0.15) is 11.5 Å². The van der Waals surface area contributed by atoms with Crippen LogP contribution in [0.15, 0.2) is 46.9 Å². The van der Waals surface area contributed by atoms with E-state index in [1.165, 1.54) is 12.1 Å². The molecule has 0 spiro atoms. The van der Waals surface area contributed by atoms with Gasteiger partial charge in [-0.2, -0.15) is 0 Å². The first-order chi connectivity index (χ1) is 12.7. The van der Waals surface area contributed by atoms with E-state index in [9.17, 15) is 4.39 Å². The molecule has 0 aliphatic rings. The molecular formula is C19H20FN3O3. The second-order valence-electron chi connectivity index (χ2n) is 5.62. The van der Waals surface area contributed by atoms with Crippen molar-refractivity contribution in [2.75, 3.05) is 20.8 Å². The number of aromatic nitrogens is 2. The van der Waals surface area contributed by atoms with Gasteiger partial charge >= 0.3 is 0 Å². The monoisotopic (exact) mass is 357 g/mol. The van der Waals surface area contributed by atoms with Gasteiger partial charge in [0.15, 0.2) is 11.5 Å². The summed E-state index contributed by atoms with van der Waals surface area (Å²) in [5, 5.41) is 11.2. The number of hydrogen-bond acceptors (Lipinski definition) is 6. The average Bonchev–Trinajstić information content (AvgIpc) is 3.14. The second-order valence-corrected chi connectivity index (χ2v) is 5.62. The lowest BCUT2D eigenvalue weighted by atomic mass is 10.1. The van der Waals surface area contributed by atoms with E-state index < -0.39 is 0 Å². The van der Waals surface area contributed by atoms with E-state index in [0.717, 1.165) is 18.5 Å². The van der Waals surface area contributed by atoms with Crippen LogP contribution in [0.4, 0.5) is 4.39 Å². The van der Waals surface area contributed by atoms with Crippen LogP contribution < -0.4 is 14.8 Å². The standard InChI is InChI=1S/C19H20FN3O3/c1-24-16-8-3-13(11-17(16)25-2)9-10-21-12-18-22-23-19(26-18)14-4-6-15(20)7-5-14/h3-8,11,21H,9-10,12H2,1-2H3. The molecule has 3 rings (SSSR count). The third-order valence-corrected chi connectivity index (χ3v) is 3.87. The Hall–Kier alpha value is -2.93. The lowest BCUT2D eigenvalue weighted by molar-refractivity contribution is 0.354. The van der Waals surface area contributed by atoms with Crippen molar-refractivity contribution in [3.05, 3.63) is 59.7 Å². The molecule has 0 saturated heterocycles. The number of ether oxygens (including phenoxy) is 2. The molecule has 7 heteroatoms. The maximum absolute atomic E-state index is 13.0. The van der Waals surface area contributed by atoms with Crippen molar-refractivity contribution in [1.29, 1.82) is 0 Å².